The van der Waals surface area contributed by atoms with E-state index in [0.717, 1.165) is 32.5 Å². The lowest BCUT2D eigenvalue weighted by atomic mass is 9.43. The molecule has 1 heterocycles. The van der Waals surface area contributed by atoms with Gasteiger partial charge in [-0.25, -0.2) is 0 Å². The van der Waals surface area contributed by atoms with E-state index in [2.05, 4.69) is 19.9 Å². The van der Waals surface area contributed by atoms with Crippen LogP contribution in [0.4, 0.5) is 0 Å². The maximum Gasteiger partial charge on any atom is 0.136 e. The summed E-state index contributed by atoms with van der Waals surface area (Å²) < 4.78 is 5.64. The summed E-state index contributed by atoms with van der Waals surface area (Å²) in [5.41, 5.74) is 2.00. The van der Waals surface area contributed by atoms with Crippen LogP contribution in [0.3, 0.4) is 0 Å². The van der Waals surface area contributed by atoms with E-state index in [9.17, 15) is 9.90 Å². The highest BCUT2D eigenvalue weighted by Crippen LogP contribution is 2.66. The number of hydrogen-bond acceptors (Lipinski definition) is 3. The highest BCUT2D eigenvalue weighted by Gasteiger charge is 2.62. The van der Waals surface area contributed by atoms with Crippen LogP contribution in [0.5, 0.6) is 0 Å². The zero-order valence-electron chi connectivity index (χ0n) is 17.1. The van der Waals surface area contributed by atoms with Crippen molar-refractivity contribution in [2.45, 2.75) is 77.7 Å². The number of fused-ring (bicyclic) bond motifs is 5. The number of hydrogen-bond donors (Lipinski definition) is 1. The van der Waals surface area contributed by atoms with Crippen LogP contribution in [0, 0.1) is 40.4 Å². The Morgan fingerprint density at radius 1 is 1.07 bits per heavy atom. The maximum absolute atomic E-state index is 13.4. The van der Waals surface area contributed by atoms with E-state index >= 15 is 0 Å². The third-order valence-corrected chi connectivity index (χ3v) is 9.67. The Morgan fingerprint density at radius 2 is 1.85 bits per heavy atom. The van der Waals surface area contributed by atoms with Crippen molar-refractivity contribution < 1.29 is 14.6 Å². The molecule has 27 heavy (non-hydrogen) atoms. The van der Waals surface area contributed by atoms with Gasteiger partial charge in [-0.2, -0.15) is 0 Å². The Kier molecular flexibility index (Phi) is 4.37. The number of rotatable bonds is 1. The van der Waals surface area contributed by atoms with Crippen LogP contribution in [-0.2, 0) is 9.53 Å². The van der Waals surface area contributed by atoms with E-state index in [4.69, 9.17) is 4.74 Å². The van der Waals surface area contributed by atoms with Crippen molar-refractivity contribution in [1.29, 1.82) is 0 Å². The molecule has 0 aromatic carbocycles. The summed E-state index contributed by atoms with van der Waals surface area (Å²) in [5, 5.41) is 10.6. The number of aliphatic hydroxyl groups is 1. The van der Waals surface area contributed by atoms with Crippen LogP contribution < -0.4 is 0 Å². The molecule has 0 aromatic rings. The van der Waals surface area contributed by atoms with Crippen LogP contribution in [0.25, 0.3) is 0 Å². The number of ketones is 1. The molecular formula is C24H36O3. The van der Waals surface area contributed by atoms with E-state index in [1.165, 1.54) is 37.7 Å². The molecule has 1 N–H and O–H groups in total. The highest BCUT2D eigenvalue weighted by atomic mass is 16.5. The SMILES string of the molecule is C[C@@]12CCC[C@H]1[C@@H]1C(=O)CC3CC(O)C=C(C4CCOCC4)[C@]3(C)[C@@H]1CC2. The molecule has 0 spiro atoms. The average Bonchev–Trinajstić information content (AvgIpc) is 3.05. The predicted molar refractivity (Wildman–Crippen MR) is 105 cm³/mol. The van der Waals surface area contributed by atoms with E-state index in [1.54, 1.807) is 0 Å². The smallest absolute Gasteiger partial charge is 0.136 e. The minimum atomic E-state index is -0.370. The van der Waals surface area contributed by atoms with Gasteiger partial charge in [0.15, 0.2) is 0 Å². The van der Waals surface area contributed by atoms with Gasteiger partial charge in [-0.05, 0) is 79.4 Å². The number of carbonyl (C=O) groups excluding carboxylic acids is 1. The third-order valence-electron chi connectivity index (χ3n) is 9.67. The summed E-state index contributed by atoms with van der Waals surface area (Å²) in [6, 6.07) is 0. The number of allylic oxidation sites excluding steroid dienone is 1. The molecule has 4 aliphatic carbocycles. The largest absolute Gasteiger partial charge is 0.389 e. The predicted octanol–water partition coefficient (Wildman–Crippen LogP) is 4.53. The summed E-state index contributed by atoms with van der Waals surface area (Å²) in [5.74, 6) is 2.75. The van der Waals surface area contributed by atoms with Crippen molar-refractivity contribution in [3.05, 3.63) is 11.6 Å². The van der Waals surface area contributed by atoms with Crippen LogP contribution in [0.1, 0.15) is 71.6 Å². The Morgan fingerprint density at radius 3 is 2.63 bits per heavy atom. The van der Waals surface area contributed by atoms with Crippen molar-refractivity contribution in [3.63, 3.8) is 0 Å². The number of aliphatic hydroxyl groups excluding tert-OH is 1. The zero-order valence-corrected chi connectivity index (χ0v) is 17.1. The molecule has 150 valence electrons. The Balaban J connectivity index is 1.56. The summed E-state index contributed by atoms with van der Waals surface area (Å²) >= 11 is 0. The highest BCUT2D eigenvalue weighted by molar-refractivity contribution is 5.84. The fourth-order valence-corrected chi connectivity index (χ4v) is 8.25. The van der Waals surface area contributed by atoms with Gasteiger partial charge in [0.25, 0.3) is 0 Å². The van der Waals surface area contributed by atoms with Crippen LogP contribution in [0.15, 0.2) is 11.6 Å². The molecule has 3 nitrogen and oxygen atoms in total. The van der Waals surface area contributed by atoms with Crippen molar-refractivity contribution >= 4 is 5.78 Å². The quantitative estimate of drug-likeness (QED) is 0.688. The summed E-state index contributed by atoms with van der Waals surface area (Å²) in [6.07, 6.45) is 11.8. The Bertz CT molecular complexity index is 648. The van der Waals surface area contributed by atoms with Crippen molar-refractivity contribution in [3.8, 4) is 0 Å². The lowest BCUT2D eigenvalue weighted by Crippen LogP contribution is -2.57. The first-order chi connectivity index (χ1) is 12.9. The van der Waals surface area contributed by atoms with Gasteiger partial charge in [-0.1, -0.05) is 31.9 Å². The van der Waals surface area contributed by atoms with Gasteiger partial charge in [-0.15, -0.1) is 0 Å². The Hall–Kier alpha value is -0.670. The summed E-state index contributed by atoms with van der Waals surface area (Å²) in [6.45, 7) is 6.62. The first-order valence-corrected chi connectivity index (χ1v) is 11.4. The van der Waals surface area contributed by atoms with Crippen LogP contribution in [-0.4, -0.2) is 30.2 Å². The molecule has 5 aliphatic rings. The lowest BCUT2D eigenvalue weighted by Gasteiger charge is -2.60. The molecule has 0 amide bonds. The topological polar surface area (TPSA) is 46.5 Å². The Labute approximate surface area is 163 Å². The molecule has 4 fully saturated rings. The molecule has 0 aromatic heterocycles. The van der Waals surface area contributed by atoms with Gasteiger partial charge < -0.3 is 9.84 Å². The van der Waals surface area contributed by atoms with Gasteiger partial charge >= 0.3 is 0 Å². The van der Waals surface area contributed by atoms with Crippen molar-refractivity contribution in [1.82, 2.24) is 0 Å². The van der Waals surface area contributed by atoms with E-state index in [-0.39, 0.29) is 17.4 Å². The average molecular weight is 373 g/mol. The lowest BCUT2D eigenvalue weighted by molar-refractivity contribution is -0.149. The van der Waals surface area contributed by atoms with Gasteiger partial charge in [0.2, 0.25) is 0 Å². The number of carbonyl (C=O) groups is 1. The molecule has 0 bridgehead atoms. The first kappa shape index (κ1) is 18.4. The van der Waals surface area contributed by atoms with Gasteiger partial charge in [0.1, 0.15) is 5.78 Å². The summed E-state index contributed by atoms with van der Waals surface area (Å²) in [7, 11) is 0. The third kappa shape index (κ3) is 2.64. The molecule has 7 atom stereocenters. The standard InChI is InChI=1S/C24H36O3/c1-23-8-3-4-18(23)22-19(5-9-23)24(2)16(13-21(22)26)12-17(25)14-20(24)15-6-10-27-11-7-15/h14-19,22,25H,3-13H2,1-2H3/t16?,17?,18-,19+,22-,23-,24-/m0/s1. The monoisotopic (exact) mass is 372 g/mol. The van der Waals surface area contributed by atoms with Gasteiger partial charge in [0.05, 0.1) is 6.10 Å². The molecule has 2 unspecified atom stereocenters. The molecular weight excluding hydrogens is 336 g/mol. The molecule has 5 rings (SSSR count). The first-order valence-electron chi connectivity index (χ1n) is 11.4. The fraction of sp³-hybridized carbons (Fsp3) is 0.875. The van der Waals surface area contributed by atoms with Crippen LogP contribution >= 0.6 is 0 Å². The molecule has 1 saturated heterocycles. The minimum Gasteiger partial charge on any atom is -0.389 e. The number of Topliss-reactive ketones (excluding diaryl/α,β-unsaturated/α-hetero) is 1. The van der Waals surface area contributed by atoms with Crippen LogP contribution in [0.2, 0.25) is 0 Å². The van der Waals surface area contributed by atoms with E-state index in [1.807, 2.05) is 0 Å². The molecule has 3 heteroatoms. The maximum atomic E-state index is 13.4. The van der Waals surface area contributed by atoms with Crippen molar-refractivity contribution in [2.75, 3.05) is 13.2 Å². The normalized spacial score (nSPS) is 50.6. The van der Waals surface area contributed by atoms with Crippen molar-refractivity contribution in [2.24, 2.45) is 40.4 Å². The second kappa shape index (κ2) is 6.42. The van der Waals surface area contributed by atoms with E-state index in [0.29, 0.717) is 41.3 Å². The van der Waals surface area contributed by atoms with Gasteiger partial charge in [0, 0.05) is 25.6 Å². The second-order valence-corrected chi connectivity index (χ2v) is 10.8. The number of ether oxygens (including phenoxy) is 1. The second-order valence-electron chi connectivity index (χ2n) is 10.8. The van der Waals surface area contributed by atoms with E-state index < -0.39 is 0 Å². The minimum absolute atomic E-state index is 0.101. The molecule has 1 aliphatic heterocycles. The fourth-order valence-electron chi connectivity index (χ4n) is 8.25. The summed E-state index contributed by atoms with van der Waals surface area (Å²) in [4.78, 5) is 13.4. The zero-order chi connectivity index (χ0) is 18.8. The molecule has 3 saturated carbocycles. The van der Waals surface area contributed by atoms with Gasteiger partial charge in [-0.3, -0.25) is 4.79 Å². The molecule has 0 radical (unpaired) electrons.